The molecule has 0 bridgehead atoms. The van der Waals surface area contributed by atoms with Crippen molar-refractivity contribution in [3.05, 3.63) is 58.4 Å². The predicted octanol–water partition coefficient (Wildman–Crippen LogP) is 3.35. The van der Waals surface area contributed by atoms with E-state index in [2.05, 4.69) is 48.7 Å². The Morgan fingerprint density at radius 2 is 1.88 bits per heavy atom. The van der Waals surface area contributed by atoms with E-state index in [-0.39, 0.29) is 22.9 Å². The van der Waals surface area contributed by atoms with Gasteiger partial charge in [0.15, 0.2) is 10.8 Å². The van der Waals surface area contributed by atoms with Crippen LogP contribution < -0.4 is 14.7 Å². The smallest absolute Gasteiger partial charge is 0.430 e. The van der Waals surface area contributed by atoms with Crippen LogP contribution in [0, 0.1) is 11.3 Å². The number of nitrogens with zero attached hydrogens (tertiary/aromatic N) is 4. The first-order chi connectivity index (χ1) is 22.8. The van der Waals surface area contributed by atoms with Crippen molar-refractivity contribution < 1.29 is 41.2 Å². The maximum Gasteiger partial charge on any atom is 0.430 e. The first-order valence-electron chi connectivity index (χ1n) is 16.1. The highest BCUT2D eigenvalue weighted by Crippen LogP contribution is 2.38. The molecule has 16 heteroatoms. The Kier molecular flexibility index (Phi) is 12.2. The van der Waals surface area contributed by atoms with Crippen molar-refractivity contribution in [2.75, 3.05) is 38.5 Å². The maximum absolute atomic E-state index is 13.7. The summed E-state index contributed by atoms with van der Waals surface area (Å²) >= 11 is 1.40. The molecule has 11 nitrogen and oxygen atoms in total. The van der Waals surface area contributed by atoms with Gasteiger partial charge in [0.2, 0.25) is 0 Å². The second-order valence-electron chi connectivity index (χ2n) is 13.7. The van der Waals surface area contributed by atoms with Gasteiger partial charge in [-0.25, -0.2) is 15.0 Å². The number of carbonyl (C=O) groups excluding carboxylic acids is 2. The SMILES string of the molecule is CN(C)S(=O)(=O)Nc1ccc([C@@H](CC[NH+]2CC=CCC2)CC(=O)c2nc3cc4c(nc3s2)CC[C@H](C(C)(C)C)C4)cn1.O=C([O-])C(F)(F)F. The summed E-state index contributed by atoms with van der Waals surface area (Å²) in [7, 11) is -0.721. The van der Waals surface area contributed by atoms with Gasteiger partial charge in [0, 0.05) is 45.2 Å². The number of aromatic nitrogens is 3. The average molecular weight is 725 g/mol. The lowest BCUT2D eigenvalue weighted by atomic mass is 9.71. The van der Waals surface area contributed by atoms with E-state index in [1.165, 1.54) is 35.9 Å². The van der Waals surface area contributed by atoms with Crippen LogP contribution in [0.25, 0.3) is 10.3 Å². The number of nitrogens with one attached hydrogen (secondary N) is 2. The molecule has 268 valence electrons. The fourth-order valence-electron chi connectivity index (χ4n) is 5.86. The molecule has 0 saturated heterocycles. The summed E-state index contributed by atoms with van der Waals surface area (Å²) in [5, 5.41) is 9.29. The Balaban J connectivity index is 0.000000698. The summed E-state index contributed by atoms with van der Waals surface area (Å²) < 4.78 is 59.6. The van der Waals surface area contributed by atoms with Gasteiger partial charge in [-0.1, -0.05) is 44.3 Å². The zero-order chi connectivity index (χ0) is 36.1. The molecule has 0 radical (unpaired) electrons. The number of thiazole rings is 1. The molecule has 3 atom stereocenters. The zero-order valence-electron chi connectivity index (χ0n) is 28.3. The number of hydrogen-bond donors (Lipinski definition) is 2. The van der Waals surface area contributed by atoms with Gasteiger partial charge < -0.3 is 14.8 Å². The third kappa shape index (κ3) is 10.5. The molecule has 49 heavy (non-hydrogen) atoms. The Morgan fingerprint density at radius 1 is 1.16 bits per heavy atom. The van der Waals surface area contributed by atoms with Crippen molar-refractivity contribution >= 4 is 49.5 Å². The van der Waals surface area contributed by atoms with Crippen LogP contribution in [0.2, 0.25) is 0 Å². The van der Waals surface area contributed by atoms with E-state index >= 15 is 0 Å². The maximum atomic E-state index is 13.7. The second kappa shape index (κ2) is 15.6. The molecular weight excluding hydrogens is 682 g/mol. The van der Waals surface area contributed by atoms with Gasteiger partial charge in [-0.05, 0) is 65.8 Å². The summed E-state index contributed by atoms with van der Waals surface area (Å²) in [5.41, 5.74) is 4.41. The van der Waals surface area contributed by atoms with Crippen LogP contribution in [-0.2, 0) is 27.8 Å². The van der Waals surface area contributed by atoms with Gasteiger partial charge in [-0.15, -0.1) is 0 Å². The molecular formula is C33H43F3N6O5S2. The molecule has 2 aliphatic rings. The number of anilines is 1. The van der Waals surface area contributed by atoms with Crippen LogP contribution in [0.4, 0.5) is 19.0 Å². The molecule has 0 saturated carbocycles. The van der Waals surface area contributed by atoms with Crippen LogP contribution in [0.1, 0.15) is 79.0 Å². The fraction of sp³-hybridized carbons (Fsp3) is 0.545. The molecule has 1 unspecified atom stereocenters. The highest BCUT2D eigenvalue weighted by molar-refractivity contribution is 7.90. The lowest BCUT2D eigenvalue weighted by Crippen LogP contribution is -3.12. The molecule has 1 aliphatic carbocycles. The first kappa shape index (κ1) is 38.3. The molecule has 0 fully saturated rings. The number of quaternary nitrogens is 1. The average Bonchev–Trinajstić information content (AvgIpc) is 3.44. The molecule has 2 N–H and O–H groups in total. The number of aryl methyl sites for hydroxylation is 1. The molecule has 1 aliphatic heterocycles. The largest absolute Gasteiger partial charge is 0.542 e. The van der Waals surface area contributed by atoms with Gasteiger partial charge in [0.25, 0.3) is 0 Å². The van der Waals surface area contributed by atoms with Gasteiger partial charge in [-0.3, -0.25) is 9.52 Å². The van der Waals surface area contributed by atoms with E-state index in [0.29, 0.717) is 17.3 Å². The summed E-state index contributed by atoms with van der Waals surface area (Å²) in [6, 6.07) is 5.70. The molecule has 0 amide bonds. The Bertz CT molecular complexity index is 1770. The monoisotopic (exact) mass is 724 g/mol. The molecule has 0 aromatic carbocycles. The number of carbonyl (C=O) groups is 2. The van der Waals surface area contributed by atoms with E-state index in [1.54, 1.807) is 12.3 Å². The Labute approximate surface area is 288 Å². The van der Waals surface area contributed by atoms with Crippen LogP contribution in [0.15, 0.2) is 36.5 Å². The molecule has 3 aromatic rings. The number of pyridine rings is 2. The van der Waals surface area contributed by atoms with Crippen molar-refractivity contribution in [2.24, 2.45) is 11.3 Å². The van der Waals surface area contributed by atoms with Crippen molar-refractivity contribution in [2.45, 2.75) is 71.4 Å². The molecule has 4 heterocycles. The summed E-state index contributed by atoms with van der Waals surface area (Å²) in [6.45, 7) is 9.94. The summed E-state index contributed by atoms with van der Waals surface area (Å²) in [4.78, 5) is 38.9. The van der Waals surface area contributed by atoms with Crippen molar-refractivity contribution in [1.82, 2.24) is 19.3 Å². The van der Waals surface area contributed by atoms with E-state index < -0.39 is 22.4 Å². The number of halogens is 3. The molecule has 3 aromatic heterocycles. The summed E-state index contributed by atoms with van der Waals surface area (Å²) in [5.74, 6) is -2.18. The normalized spacial score (nSPS) is 18.8. The number of Topliss-reactive ketones (excluding diaryl/α,β-unsaturated/α-hetero) is 1. The first-order valence-corrected chi connectivity index (χ1v) is 18.3. The van der Waals surface area contributed by atoms with E-state index in [1.807, 2.05) is 6.07 Å². The van der Waals surface area contributed by atoms with Gasteiger partial charge in [-0.2, -0.15) is 25.9 Å². The topological polar surface area (TPSA) is 150 Å². The van der Waals surface area contributed by atoms with Crippen LogP contribution in [-0.4, -0.2) is 79.3 Å². The minimum atomic E-state index is -5.19. The minimum Gasteiger partial charge on any atom is -0.542 e. The third-order valence-electron chi connectivity index (χ3n) is 8.93. The quantitative estimate of drug-likeness (QED) is 0.239. The fourth-order valence-corrected chi connectivity index (χ4v) is 7.32. The van der Waals surface area contributed by atoms with Crippen molar-refractivity contribution in [3.8, 4) is 0 Å². The number of alkyl halides is 3. The van der Waals surface area contributed by atoms with E-state index in [9.17, 15) is 26.4 Å². The molecule has 0 spiro atoms. The van der Waals surface area contributed by atoms with E-state index in [0.717, 1.165) is 77.6 Å². The number of aliphatic carboxylic acids is 1. The zero-order valence-corrected chi connectivity index (χ0v) is 29.9. The predicted molar refractivity (Wildman–Crippen MR) is 180 cm³/mol. The van der Waals surface area contributed by atoms with Gasteiger partial charge >= 0.3 is 16.4 Å². The number of hydrogen-bond acceptors (Lipinski definition) is 9. The minimum absolute atomic E-state index is 0.0134. The number of fused-ring (bicyclic) bond motifs is 2. The lowest BCUT2D eigenvalue weighted by Gasteiger charge is -2.34. The van der Waals surface area contributed by atoms with Crippen molar-refractivity contribution in [3.63, 3.8) is 0 Å². The van der Waals surface area contributed by atoms with Crippen LogP contribution in [0.5, 0.6) is 0 Å². The lowest BCUT2D eigenvalue weighted by molar-refractivity contribution is -0.895. The second-order valence-corrected chi connectivity index (χ2v) is 16.6. The highest BCUT2D eigenvalue weighted by Gasteiger charge is 2.31. The van der Waals surface area contributed by atoms with Crippen LogP contribution in [0.3, 0.4) is 0 Å². The van der Waals surface area contributed by atoms with E-state index in [4.69, 9.17) is 19.9 Å². The Morgan fingerprint density at radius 3 is 2.45 bits per heavy atom. The summed E-state index contributed by atoms with van der Waals surface area (Å²) in [6.07, 6.45) is 6.28. The van der Waals surface area contributed by atoms with Crippen molar-refractivity contribution in [1.29, 1.82) is 0 Å². The van der Waals surface area contributed by atoms with Gasteiger partial charge in [0.1, 0.15) is 22.1 Å². The highest BCUT2D eigenvalue weighted by atomic mass is 32.2. The van der Waals surface area contributed by atoms with Gasteiger partial charge in [0.05, 0.1) is 19.6 Å². The number of carboxylic acid groups (broad SMARTS) is 1. The standard InChI is InChI=1S/C31H42N6O3S2.C2HF3O2/c1-31(2,3)24-10-11-25-23(17-24)18-26-29(33-25)41-30(34-26)27(38)19-21(13-16-37-14-7-6-8-15-37)22-9-12-28(32-20-22)35-42(39,40)36(4)5;3-2(4,5)1(6)7/h6-7,9,12,18,20-21,24H,8,10-11,13-17,19H2,1-5H3,(H,32,35);(H,6,7)/t21-,24-;/m0./s1. The molecule has 5 rings (SSSR count). The third-order valence-corrected chi connectivity index (χ3v) is 11.4. The number of rotatable bonds is 10. The number of carboxylic acids is 1. The number of ketones is 1. The van der Waals surface area contributed by atoms with Crippen LogP contribution >= 0.6 is 11.3 Å². The Hall–Kier alpha value is -3.47.